The smallest absolute Gasteiger partial charge is 0.246 e. The topological polar surface area (TPSA) is 72.2 Å². The Morgan fingerprint density at radius 3 is 2.59 bits per heavy atom. The number of carbonyl (C=O) groups excluding carboxylic acids is 1. The Kier molecular flexibility index (Phi) is 6.58. The first-order chi connectivity index (χ1) is 12.6. The molecule has 5 rings (SSSR count). The lowest BCUT2D eigenvalue weighted by Gasteiger charge is -2.47. The summed E-state index contributed by atoms with van der Waals surface area (Å²) in [4.78, 5) is 25.9. The van der Waals surface area contributed by atoms with Crippen molar-refractivity contribution >= 4 is 41.5 Å². The number of aryl methyl sites for hydroxylation is 1. The second kappa shape index (κ2) is 8.74. The summed E-state index contributed by atoms with van der Waals surface area (Å²) in [5, 5.41) is 7.65. The zero-order valence-corrected chi connectivity index (χ0v) is 18.4. The van der Waals surface area contributed by atoms with E-state index in [1.165, 1.54) is 13.1 Å². The molecule has 1 atom stereocenters. The molecule has 1 unspecified atom stereocenters. The molecule has 27 heavy (non-hydrogen) atoms. The molecule has 0 radical (unpaired) electrons. The number of amides is 1. The predicted molar refractivity (Wildman–Crippen MR) is 116 cm³/mol. The van der Waals surface area contributed by atoms with Crippen molar-refractivity contribution in [3.05, 3.63) is 12.4 Å². The van der Waals surface area contributed by atoms with Crippen molar-refractivity contribution in [2.75, 3.05) is 70.9 Å². The molecule has 9 nitrogen and oxygen atoms in total. The van der Waals surface area contributed by atoms with Crippen molar-refractivity contribution in [2.45, 2.75) is 6.04 Å². The van der Waals surface area contributed by atoms with Gasteiger partial charge in [0.2, 0.25) is 5.91 Å². The van der Waals surface area contributed by atoms with Gasteiger partial charge in [0, 0.05) is 78.7 Å². The number of guanidine groups is 1. The number of aromatic nitrogens is 2. The van der Waals surface area contributed by atoms with Gasteiger partial charge < -0.3 is 15.1 Å². The van der Waals surface area contributed by atoms with Crippen LogP contribution < -0.4 is 10.2 Å². The number of fused-ring (bicyclic) bond motifs is 3. The van der Waals surface area contributed by atoms with Crippen LogP contribution in [0.25, 0.3) is 0 Å². The molecule has 150 valence electrons. The van der Waals surface area contributed by atoms with Crippen molar-refractivity contribution in [2.24, 2.45) is 12.0 Å². The fourth-order valence-corrected chi connectivity index (χ4v) is 4.13. The highest BCUT2D eigenvalue weighted by molar-refractivity contribution is 14.0. The third-order valence-corrected chi connectivity index (χ3v) is 5.62. The fraction of sp³-hybridized carbons (Fsp3) is 0.706. The van der Waals surface area contributed by atoms with Crippen LogP contribution in [0, 0.1) is 0 Å². The number of piperazine rings is 4. The molecule has 4 saturated heterocycles. The molecule has 0 saturated carbocycles. The van der Waals surface area contributed by atoms with Gasteiger partial charge in [0.1, 0.15) is 6.54 Å². The highest BCUT2D eigenvalue weighted by Crippen LogP contribution is 2.17. The summed E-state index contributed by atoms with van der Waals surface area (Å²) >= 11 is 0. The number of anilines is 1. The SMILES string of the molecule is CN=C(NCC1CN2CCN1CC2)N1CCN(c2cnn(C)c2)C(=O)C1.I. The van der Waals surface area contributed by atoms with E-state index in [0.29, 0.717) is 19.1 Å². The van der Waals surface area contributed by atoms with E-state index in [2.05, 4.69) is 25.2 Å². The Morgan fingerprint density at radius 2 is 2.04 bits per heavy atom. The zero-order valence-electron chi connectivity index (χ0n) is 16.0. The summed E-state index contributed by atoms with van der Waals surface area (Å²) in [5.41, 5.74) is 0.861. The maximum absolute atomic E-state index is 12.6. The number of rotatable bonds is 3. The average Bonchev–Trinajstić information content (AvgIpc) is 3.09. The first-order valence-electron chi connectivity index (χ1n) is 9.35. The molecule has 4 fully saturated rings. The molecular weight excluding hydrogens is 459 g/mol. The molecule has 10 heteroatoms. The van der Waals surface area contributed by atoms with Crippen LogP contribution in [0.5, 0.6) is 0 Å². The van der Waals surface area contributed by atoms with Gasteiger partial charge in [-0.15, -0.1) is 24.0 Å². The predicted octanol–water partition coefficient (Wildman–Crippen LogP) is -0.738. The number of hydrogen-bond donors (Lipinski definition) is 1. The van der Waals surface area contributed by atoms with E-state index in [0.717, 1.165) is 44.4 Å². The van der Waals surface area contributed by atoms with Crippen molar-refractivity contribution < 1.29 is 4.79 Å². The van der Waals surface area contributed by atoms with E-state index in [1.807, 2.05) is 18.1 Å². The van der Waals surface area contributed by atoms with Crippen LogP contribution in [0.3, 0.4) is 0 Å². The molecule has 0 aromatic carbocycles. The number of nitrogens with one attached hydrogen (secondary N) is 1. The molecule has 0 spiro atoms. The maximum atomic E-state index is 12.6. The van der Waals surface area contributed by atoms with Crippen molar-refractivity contribution in [3.63, 3.8) is 0 Å². The monoisotopic (exact) mass is 488 g/mol. The van der Waals surface area contributed by atoms with Crippen molar-refractivity contribution in [3.8, 4) is 0 Å². The van der Waals surface area contributed by atoms with Gasteiger partial charge in [-0.3, -0.25) is 24.3 Å². The minimum Gasteiger partial charge on any atom is -0.355 e. The Balaban J connectivity index is 0.00000210. The molecule has 1 N–H and O–H groups in total. The first-order valence-corrected chi connectivity index (χ1v) is 9.35. The summed E-state index contributed by atoms with van der Waals surface area (Å²) in [5.74, 6) is 0.903. The first kappa shape index (κ1) is 20.3. The summed E-state index contributed by atoms with van der Waals surface area (Å²) in [6.07, 6.45) is 3.62. The summed E-state index contributed by atoms with van der Waals surface area (Å²) in [6.45, 7) is 8.45. The average molecular weight is 488 g/mol. The number of halogens is 1. The van der Waals surface area contributed by atoms with Gasteiger partial charge in [-0.25, -0.2) is 0 Å². The minimum absolute atomic E-state index is 0. The van der Waals surface area contributed by atoms with E-state index in [9.17, 15) is 4.79 Å². The molecular formula is C17H29IN8O. The van der Waals surface area contributed by atoms with Gasteiger partial charge in [-0.05, 0) is 0 Å². The Morgan fingerprint density at radius 1 is 1.26 bits per heavy atom. The Labute approximate surface area is 177 Å². The molecule has 0 aliphatic carbocycles. The molecule has 1 aromatic rings. The van der Waals surface area contributed by atoms with Crippen LogP contribution in [0.1, 0.15) is 0 Å². The molecule has 4 aliphatic heterocycles. The molecule has 5 heterocycles. The van der Waals surface area contributed by atoms with Gasteiger partial charge in [0.15, 0.2) is 5.96 Å². The van der Waals surface area contributed by atoms with Gasteiger partial charge in [0.25, 0.3) is 0 Å². The largest absolute Gasteiger partial charge is 0.355 e. The lowest BCUT2D eigenvalue weighted by molar-refractivity contribution is -0.120. The van der Waals surface area contributed by atoms with Crippen LogP contribution in [0.15, 0.2) is 17.4 Å². The number of nitrogens with zero attached hydrogens (tertiary/aromatic N) is 7. The van der Waals surface area contributed by atoms with Crippen LogP contribution >= 0.6 is 24.0 Å². The second-order valence-electron chi connectivity index (χ2n) is 7.26. The third kappa shape index (κ3) is 4.37. The minimum atomic E-state index is 0. The maximum Gasteiger partial charge on any atom is 0.246 e. The summed E-state index contributed by atoms with van der Waals surface area (Å²) < 4.78 is 1.72. The lowest BCUT2D eigenvalue weighted by Crippen LogP contribution is -2.64. The summed E-state index contributed by atoms with van der Waals surface area (Å²) in [7, 11) is 3.65. The second-order valence-corrected chi connectivity index (χ2v) is 7.26. The van der Waals surface area contributed by atoms with Gasteiger partial charge >= 0.3 is 0 Å². The van der Waals surface area contributed by atoms with E-state index in [4.69, 9.17) is 0 Å². The van der Waals surface area contributed by atoms with Crippen LogP contribution in [-0.2, 0) is 11.8 Å². The highest BCUT2D eigenvalue weighted by Gasteiger charge is 2.32. The van der Waals surface area contributed by atoms with E-state index < -0.39 is 0 Å². The number of hydrogen-bond acceptors (Lipinski definition) is 5. The van der Waals surface area contributed by atoms with Crippen LogP contribution in [0.4, 0.5) is 5.69 Å². The number of aliphatic imine (C=N–C) groups is 1. The zero-order chi connectivity index (χ0) is 18.1. The normalized spacial score (nSPS) is 28.3. The third-order valence-electron chi connectivity index (χ3n) is 5.62. The van der Waals surface area contributed by atoms with Gasteiger partial charge in [-0.1, -0.05) is 0 Å². The van der Waals surface area contributed by atoms with Crippen LogP contribution in [-0.4, -0.2) is 108 Å². The molecule has 1 amide bonds. The van der Waals surface area contributed by atoms with Gasteiger partial charge in [0.05, 0.1) is 11.9 Å². The Bertz CT molecular complexity index is 684. The molecule has 1 aromatic heterocycles. The molecule has 4 aliphatic rings. The van der Waals surface area contributed by atoms with Crippen LogP contribution in [0.2, 0.25) is 0 Å². The van der Waals surface area contributed by atoms with Crippen molar-refractivity contribution in [1.82, 2.24) is 29.8 Å². The van der Waals surface area contributed by atoms with Gasteiger partial charge in [-0.2, -0.15) is 5.10 Å². The fourth-order valence-electron chi connectivity index (χ4n) is 4.13. The quantitative estimate of drug-likeness (QED) is 0.344. The van der Waals surface area contributed by atoms with E-state index in [1.54, 1.807) is 22.8 Å². The highest BCUT2D eigenvalue weighted by atomic mass is 127. The lowest BCUT2D eigenvalue weighted by atomic mass is 10.1. The van der Waals surface area contributed by atoms with Crippen molar-refractivity contribution in [1.29, 1.82) is 0 Å². The standard InChI is InChI=1S/C17H28N8O.HI/c1-18-17(19-9-14-12-22-3-5-23(14)6-4-22)24-7-8-25(16(26)13-24)15-10-20-21(2)11-15;/h10-11,14H,3-9,12-13H2,1-2H3,(H,18,19);1H. The van der Waals surface area contributed by atoms with E-state index >= 15 is 0 Å². The molecule has 2 bridgehead atoms. The number of carbonyl (C=O) groups is 1. The van der Waals surface area contributed by atoms with E-state index in [-0.39, 0.29) is 29.9 Å². The summed E-state index contributed by atoms with van der Waals surface area (Å²) in [6, 6.07) is 0.529. The Hall–Kier alpha value is -1.40.